The number of rotatable bonds is 5. The highest BCUT2D eigenvalue weighted by Gasteiger charge is 2.16. The van der Waals surface area contributed by atoms with Gasteiger partial charge < -0.3 is 9.88 Å². The molecule has 0 spiro atoms. The molecule has 7 heteroatoms. The number of carbonyl (C=O) groups is 1. The smallest absolute Gasteiger partial charge is 0.265 e. The van der Waals surface area contributed by atoms with E-state index in [2.05, 4.69) is 22.9 Å². The van der Waals surface area contributed by atoms with Crippen molar-refractivity contribution in [1.82, 2.24) is 9.55 Å². The molecule has 4 aromatic rings. The first-order valence-electron chi connectivity index (χ1n) is 8.88. The van der Waals surface area contributed by atoms with Gasteiger partial charge in [0.1, 0.15) is 0 Å². The monoisotopic (exact) mass is 429 g/mol. The Hall–Kier alpha value is -2.34. The van der Waals surface area contributed by atoms with Crippen molar-refractivity contribution in [2.24, 2.45) is 0 Å². The first kappa shape index (κ1) is 19.0. The van der Waals surface area contributed by atoms with Crippen molar-refractivity contribution in [2.45, 2.75) is 19.9 Å². The van der Waals surface area contributed by atoms with Gasteiger partial charge in [0.2, 0.25) is 0 Å². The SMILES string of the molecule is CCCn1c(-c2ccc(C(=O)Nc3ccc(Cl)c(Cl)c3)s2)nc2ccccc21. The average Bonchev–Trinajstić information content (AvgIpc) is 3.30. The number of anilines is 1. The van der Waals surface area contributed by atoms with Gasteiger partial charge in [-0.05, 0) is 48.9 Å². The maximum absolute atomic E-state index is 12.6. The third-order valence-corrected chi connectivity index (χ3v) is 6.15. The Labute approximate surface area is 176 Å². The molecular formula is C21H17Cl2N3OS. The molecule has 0 aliphatic heterocycles. The lowest BCUT2D eigenvalue weighted by Gasteiger charge is -2.06. The van der Waals surface area contributed by atoms with E-state index in [0.29, 0.717) is 20.6 Å². The van der Waals surface area contributed by atoms with Crippen molar-refractivity contribution in [1.29, 1.82) is 0 Å². The van der Waals surface area contributed by atoms with Crippen LogP contribution in [-0.4, -0.2) is 15.5 Å². The van der Waals surface area contributed by atoms with Crippen LogP contribution >= 0.6 is 34.5 Å². The normalized spacial score (nSPS) is 11.1. The van der Waals surface area contributed by atoms with Crippen molar-refractivity contribution in [2.75, 3.05) is 5.32 Å². The van der Waals surface area contributed by atoms with Crippen LogP contribution < -0.4 is 5.32 Å². The molecule has 1 N–H and O–H groups in total. The van der Waals surface area contributed by atoms with Crippen LogP contribution in [0.3, 0.4) is 0 Å². The number of nitrogens with one attached hydrogen (secondary N) is 1. The number of imidazole rings is 1. The summed E-state index contributed by atoms with van der Waals surface area (Å²) in [7, 11) is 0. The number of nitrogens with zero attached hydrogens (tertiary/aromatic N) is 2. The highest BCUT2D eigenvalue weighted by Crippen LogP contribution is 2.32. The number of hydrogen-bond donors (Lipinski definition) is 1. The summed E-state index contributed by atoms with van der Waals surface area (Å²) in [4.78, 5) is 19.0. The Kier molecular flexibility index (Phi) is 5.40. The van der Waals surface area contributed by atoms with Crippen LogP contribution in [0, 0.1) is 0 Å². The fourth-order valence-electron chi connectivity index (χ4n) is 3.06. The first-order chi connectivity index (χ1) is 13.6. The summed E-state index contributed by atoms with van der Waals surface area (Å²) in [5.41, 5.74) is 2.67. The molecule has 28 heavy (non-hydrogen) atoms. The van der Waals surface area contributed by atoms with Gasteiger partial charge in [0.25, 0.3) is 5.91 Å². The molecule has 0 bridgehead atoms. The number of amides is 1. The minimum absolute atomic E-state index is 0.187. The molecule has 0 aliphatic carbocycles. The summed E-state index contributed by atoms with van der Waals surface area (Å²) >= 11 is 13.4. The lowest BCUT2D eigenvalue weighted by Crippen LogP contribution is -2.09. The number of halogens is 2. The summed E-state index contributed by atoms with van der Waals surface area (Å²) < 4.78 is 2.21. The number of benzene rings is 2. The van der Waals surface area contributed by atoms with Gasteiger partial charge in [-0.2, -0.15) is 0 Å². The van der Waals surface area contributed by atoms with E-state index in [9.17, 15) is 4.79 Å². The van der Waals surface area contributed by atoms with E-state index in [1.165, 1.54) is 11.3 Å². The van der Waals surface area contributed by atoms with E-state index in [0.717, 1.165) is 34.7 Å². The summed E-state index contributed by atoms with van der Waals surface area (Å²) in [6.45, 7) is 3.02. The number of carbonyl (C=O) groups excluding carboxylic acids is 1. The molecule has 2 aromatic heterocycles. The molecule has 0 radical (unpaired) electrons. The fraction of sp³-hybridized carbons (Fsp3) is 0.143. The number of thiophene rings is 1. The minimum atomic E-state index is -0.187. The molecular weight excluding hydrogens is 413 g/mol. The molecule has 4 nitrogen and oxygen atoms in total. The molecule has 0 saturated carbocycles. The standard InChI is InChI=1S/C21H17Cl2N3OS/c1-2-11-26-17-6-4-3-5-16(17)25-20(26)18-9-10-19(28-18)21(27)24-13-7-8-14(22)15(23)12-13/h3-10,12H,2,11H2,1H3,(H,24,27). The molecule has 2 aromatic carbocycles. The van der Waals surface area contributed by atoms with Gasteiger partial charge in [-0.15, -0.1) is 11.3 Å². The zero-order valence-electron chi connectivity index (χ0n) is 15.1. The molecule has 2 heterocycles. The second kappa shape index (κ2) is 7.95. The van der Waals surface area contributed by atoms with E-state index in [1.807, 2.05) is 30.3 Å². The summed E-state index contributed by atoms with van der Waals surface area (Å²) in [6.07, 6.45) is 1.00. The molecule has 0 fully saturated rings. The molecule has 0 aliphatic rings. The van der Waals surface area contributed by atoms with Crippen molar-refractivity contribution in [3.8, 4) is 10.7 Å². The first-order valence-corrected chi connectivity index (χ1v) is 10.5. The van der Waals surface area contributed by atoms with Gasteiger partial charge in [0, 0.05) is 12.2 Å². The predicted octanol–water partition coefficient (Wildman–Crippen LogP) is 6.73. The van der Waals surface area contributed by atoms with Crippen molar-refractivity contribution >= 4 is 57.2 Å². The number of para-hydroxylation sites is 2. The summed E-state index contributed by atoms with van der Waals surface area (Å²) in [5.74, 6) is 0.703. The lowest BCUT2D eigenvalue weighted by molar-refractivity contribution is 0.103. The maximum Gasteiger partial charge on any atom is 0.265 e. The third-order valence-electron chi connectivity index (χ3n) is 4.33. The minimum Gasteiger partial charge on any atom is -0.323 e. The molecule has 0 saturated heterocycles. The van der Waals surface area contributed by atoms with E-state index < -0.39 is 0 Å². The van der Waals surface area contributed by atoms with E-state index in [-0.39, 0.29) is 5.91 Å². The van der Waals surface area contributed by atoms with E-state index in [4.69, 9.17) is 28.2 Å². The van der Waals surface area contributed by atoms with Crippen molar-refractivity contribution < 1.29 is 4.79 Å². The molecule has 0 atom stereocenters. The third kappa shape index (κ3) is 3.65. The second-order valence-electron chi connectivity index (χ2n) is 6.32. The van der Waals surface area contributed by atoms with Gasteiger partial charge in [-0.25, -0.2) is 4.98 Å². The van der Waals surface area contributed by atoms with Crippen molar-refractivity contribution in [3.05, 3.63) is 69.5 Å². The van der Waals surface area contributed by atoms with Gasteiger partial charge in [-0.3, -0.25) is 4.79 Å². The van der Waals surface area contributed by atoms with Crippen LogP contribution in [0.4, 0.5) is 5.69 Å². The van der Waals surface area contributed by atoms with Gasteiger partial charge in [-0.1, -0.05) is 42.3 Å². The molecule has 0 unspecified atom stereocenters. The van der Waals surface area contributed by atoms with Crippen LogP contribution in [0.5, 0.6) is 0 Å². The second-order valence-corrected chi connectivity index (χ2v) is 8.22. The van der Waals surface area contributed by atoms with Gasteiger partial charge >= 0.3 is 0 Å². The molecule has 142 valence electrons. The van der Waals surface area contributed by atoms with Crippen LogP contribution in [-0.2, 0) is 6.54 Å². The number of aryl methyl sites for hydroxylation is 1. The van der Waals surface area contributed by atoms with Crippen molar-refractivity contribution in [3.63, 3.8) is 0 Å². The summed E-state index contributed by atoms with van der Waals surface area (Å²) in [5, 5.41) is 3.71. The highest BCUT2D eigenvalue weighted by atomic mass is 35.5. The number of hydrogen-bond acceptors (Lipinski definition) is 3. The van der Waals surface area contributed by atoms with Crippen LogP contribution in [0.2, 0.25) is 10.0 Å². The maximum atomic E-state index is 12.6. The fourth-order valence-corrected chi connectivity index (χ4v) is 4.26. The van der Waals surface area contributed by atoms with Gasteiger partial charge in [0.15, 0.2) is 5.82 Å². The van der Waals surface area contributed by atoms with Crippen LogP contribution in [0.25, 0.3) is 21.7 Å². The van der Waals surface area contributed by atoms with E-state index in [1.54, 1.807) is 18.2 Å². The number of fused-ring (bicyclic) bond motifs is 1. The zero-order valence-corrected chi connectivity index (χ0v) is 17.4. The molecule has 1 amide bonds. The Bertz CT molecular complexity index is 1170. The van der Waals surface area contributed by atoms with Crippen LogP contribution in [0.1, 0.15) is 23.0 Å². The lowest BCUT2D eigenvalue weighted by atomic mass is 10.3. The Morgan fingerprint density at radius 2 is 1.93 bits per heavy atom. The molecule has 4 rings (SSSR count). The zero-order chi connectivity index (χ0) is 19.7. The largest absolute Gasteiger partial charge is 0.323 e. The summed E-state index contributed by atoms with van der Waals surface area (Å²) in [6, 6.07) is 16.9. The Morgan fingerprint density at radius 1 is 1.11 bits per heavy atom. The average molecular weight is 430 g/mol. The predicted molar refractivity (Wildman–Crippen MR) is 118 cm³/mol. The number of aromatic nitrogens is 2. The quantitative estimate of drug-likeness (QED) is 0.381. The van der Waals surface area contributed by atoms with E-state index >= 15 is 0 Å². The Morgan fingerprint density at radius 3 is 2.71 bits per heavy atom. The topological polar surface area (TPSA) is 46.9 Å². The highest BCUT2D eigenvalue weighted by molar-refractivity contribution is 7.17. The Balaban J connectivity index is 1.64. The van der Waals surface area contributed by atoms with Gasteiger partial charge in [0.05, 0.1) is 30.8 Å². The van der Waals surface area contributed by atoms with Crippen LogP contribution in [0.15, 0.2) is 54.6 Å².